The second kappa shape index (κ2) is 4.67. The van der Waals surface area contributed by atoms with Gasteiger partial charge in [-0.1, -0.05) is 46.3 Å². The fourth-order valence-corrected chi connectivity index (χ4v) is 1.12. The van der Waals surface area contributed by atoms with Gasteiger partial charge in [-0.2, -0.15) is 0 Å². The highest BCUT2D eigenvalue weighted by Gasteiger charge is 2.35. The lowest BCUT2D eigenvalue weighted by Gasteiger charge is -2.36. The third-order valence-electron chi connectivity index (χ3n) is 2.87. The van der Waals surface area contributed by atoms with Crippen molar-refractivity contribution < 1.29 is 4.74 Å². The fraction of sp³-hybridized carbons (Fsp3) is 0.538. The minimum atomic E-state index is -0.192. The molecule has 84 valence electrons. The molecule has 0 atom stereocenters. The molecule has 1 rings (SSSR count). The zero-order chi connectivity index (χ0) is 11.5. The second-order valence-corrected chi connectivity index (χ2v) is 6.74. The van der Waals surface area contributed by atoms with Gasteiger partial charge in [0.1, 0.15) is 0 Å². The van der Waals surface area contributed by atoms with Crippen LogP contribution in [0, 0.1) is 0 Å². The van der Waals surface area contributed by atoms with Gasteiger partial charge in [0.05, 0.1) is 12.2 Å². The van der Waals surface area contributed by atoms with Gasteiger partial charge < -0.3 is 4.74 Å². The molecular weight excluding hydrogens is 252 g/mol. The van der Waals surface area contributed by atoms with E-state index >= 15 is 0 Å². The van der Waals surface area contributed by atoms with Gasteiger partial charge in [-0.15, -0.1) is 0 Å². The molecule has 0 aliphatic rings. The lowest BCUT2D eigenvalue weighted by atomic mass is 9.94. The molecule has 1 nitrogen and oxygen atoms in total. The molecule has 1 aromatic rings. The van der Waals surface area contributed by atoms with Crippen molar-refractivity contribution in [3.8, 4) is 0 Å². The number of rotatable bonds is 4. The van der Waals surface area contributed by atoms with Crippen LogP contribution < -0.4 is 0 Å². The average molecular weight is 271 g/mol. The molecule has 0 bridgehead atoms. The summed E-state index contributed by atoms with van der Waals surface area (Å²) in [6.07, 6.45) is 0. The summed E-state index contributed by atoms with van der Waals surface area (Å²) in [5.41, 5.74) is 1.02. The van der Waals surface area contributed by atoms with Gasteiger partial charge in [-0.05, 0) is 33.3 Å². The SMILES string of the molecule is CC(C)(Br)C(C)(C)OCc1ccccc1. The Morgan fingerprint density at radius 3 is 2.07 bits per heavy atom. The van der Waals surface area contributed by atoms with E-state index in [2.05, 4.69) is 55.8 Å². The molecule has 0 N–H and O–H groups in total. The summed E-state index contributed by atoms with van der Waals surface area (Å²) in [7, 11) is 0. The van der Waals surface area contributed by atoms with Crippen molar-refractivity contribution in [1.82, 2.24) is 0 Å². The predicted molar refractivity (Wildman–Crippen MR) is 68.3 cm³/mol. The van der Waals surface area contributed by atoms with Crippen molar-refractivity contribution in [2.45, 2.75) is 44.2 Å². The van der Waals surface area contributed by atoms with Gasteiger partial charge in [-0.3, -0.25) is 0 Å². The molecule has 0 heterocycles. The summed E-state index contributed by atoms with van der Waals surface area (Å²) in [5, 5.41) is 0. The van der Waals surface area contributed by atoms with E-state index < -0.39 is 0 Å². The van der Waals surface area contributed by atoms with E-state index in [1.165, 1.54) is 5.56 Å². The van der Waals surface area contributed by atoms with Crippen LogP contribution in [0.4, 0.5) is 0 Å². The van der Waals surface area contributed by atoms with Crippen molar-refractivity contribution in [1.29, 1.82) is 0 Å². The van der Waals surface area contributed by atoms with Gasteiger partial charge in [0.25, 0.3) is 0 Å². The van der Waals surface area contributed by atoms with E-state index in [1.807, 2.05) is 18.2 Å². The smallest absolute Gasteiger partial charge is 0.0778 e. The van der Waals surface area contributed by atoms with Crippen molar-refractivity contribution in [2.24, 2.45) is 0 Å². The van der Waals surface area contributed by atoms with Crippen molar-refractivity contribution in [3.05, 3.63) is 35.9 Å². The first-order valence-corrected chi connectivity index (χ1v) is 5.99. The quantitative estimate of drug-likeness (QED) is 0.747. The molecule has 1 aromatic carbocycles. The van der Waals surface area contributed by atoms with E-state index in [1.54, 1.807) is 0 Å². The van der Waals surface area contributed by atoms with E-state index in [0.29, 0.717) is 6.61 Å². The Labute approximate surface area is 101 Å². The Kier molecular flexibility index (Phi) is 3.96. The third kappa shape index (κ3) is 3.62. The predicted octanol–water partition coefficient (Wildman–Crippen LogP) is 4.16. The zero-order valence-electron chi connectivity index (χ0n) is 9.88. The van der Waals surface area contributed by atoms with Gasteiger partial charge in [0.2, 0.25) is 0 Å². The van der Waals surface area contributed by atoms with E-state index in [0.717, 1.165) is 0 Å². The maximum Gasteiger partial charge on any atom is 0.0778 e. The first-order valence-electron chi connectivity index (χ1n) is 5.20. The third-order valence-corrected chi connectivity index (χ3v) is 3.83. The second-order valence-electron chi connectivity index (χ2n) is 4.76. The molecule has 0 aliphatic heterocycles. The number of alkyl halides is 1. The van der Waals surface area contributed by atoms with Crippen molar-refractivity contribution in [2.75, 3.05) is 0 Å². The normalized spacial score (nSPS) is 12.9. The standard InChI is InChI=1S/C13H19BrO/c1-12(2,14)13(3,4)15-10-11-8-6-5-7-9-11/h5-9H,10H2,1-4H3. The van der Waals surface area contributed by atoms with Crippen LogP contribution in [0.25, 0.3) is 0 Å². The highest BCUT2D eigenvalue weighted by molar-refractivity contribution is 9.10. The molecule has 15 heavy (non-hydrogen) atoms. The highest BCUT2D eigenvalue weighted by Crippen LogP contribution is 2.33. The van der Waals surface area contributed by atoms with Gasteiger partial charge in [-0.25, -0.2) is 0 Å². The Morgan fingerprint density at radius 1 is 1.07 bits per heavy atom. The van der Waals surface area contributed by atoms with Crippen LogP contribution in [0.1, 0.15) is 33.3 Å². The summed E-state index contributed by atoms with van der Waals surface area (Å²) in [5.74, 6) is 0. The summed E-state index contributed by atoms with van der Waals surface area (Å²) >= 11 is 3.65. The molecule has 0 amide bonds. The maximum absolute atomic E-state index is 5.93. The first-order chi connectivity index (χ1) is 6.83. The van der Waals surface area contributed by atoms with Crippen molar-refractivity contribution in [3.63, 3.8) is 0 Å². The Morgan fingerprint density at radius 2 is 1.60 bits per heavy atom. The Hall–Kier alpha value is -0.340. The molecule has 0 spiro atoms. The molecular formula is C13H19BrO. The lowest BCUT2D eigenvalue weighted by Crippen LogP contribution is -2.42. The van der Waals surface area contributed by atoms with Gasteiger partial charge >= 0.3 is 0 Å². The van der Waals surface area contributed by atoms with Crippen LogP contribution in [-0.4, -0.2) is 9.93 Å². The van der Waals surface area contributed by atoms with Crippen LogP contribution in [0.2, 0.25) is 0 Å². The van der Waals surface area contributed by atoms with Crippen molar-refractivity contribution >= 4 is 15.9 Å². The molecule has 0 radical (unpaired) electrons. The van der Waals surface area contributed by atoms with Crippen LogP contribution in [0.5, 0.6) is 0 Å². The Bertz CT molecular complexity index is 298. The number of hydrogen-bond acceptors (Lipinski definition) is 1. The maximum atomic E-state index is 5.93. The summed E-state index contributed by atoms with van der Waals surface area (Å²) in [6.45, 7) is 9.11. The molecule has 2 heteroatoms. The monoisotopic (exact) mass is 270 g/mol. The summed E-state index contributed by atoms with van der Waals surface area (Å²) < 4.78 is 5.90. The number of ether oxygens (including phenoxy) is 1. The molecule has 0 unspecified atom stereocenters. The van der Waals surface area contributed by atoms with Crippen LogP contribution in [-0.2, 0) is 11.3 Å². The number of benzene rings is 1. The van der Waals surface area contributed by atoms with Crippen LogP contribution >= 0.6 is 15.9 Å². The minimum absolute atomic E-state index is 0.0330. The summed E-state index contributed by atoms with van der Waals surface area (Å²) in [6, 6.07) is 10.2. The topological polar surface area (TPSA) is 9.23 Å². The van der Waals surface area contributed by atoms with Crippen LogP contribution in [0.15, 0.2) is 30.3 Å². The van der Waals surface area contributed by atoms with E-state index in [9.17, 15) is 0 Å². The van der Waals surface area contributed by atoms with Gasteiger partial charge in [0.15, 0.2) is 0 Å². The average Bonchev–Trinajstić information content (AvgIpc) is 2.15. The molecule has 0 saturated heterocycles. The minimum Gasteiger partial charge on any atom is -0.369 e. The number of hydrogen-bond donors (Lipinski definition) is 0. The molecule has 0 aromatic heterocycles. The molecule has 0 aliphatic carbocycles. The van der Waals surface area contributed by atoms with E-state index in [-0.39, 0.29) is 9.93 Å². The number of halogens is 1. The summed E-state index contributed by atoms with van der Waals surface area (Å²) in [4.78, 5) is 0. The largest absolute Gasteiger partial charge is 0.369 e. The molecule has 0 fully saturated rings. The highest BCUT2D eigenvalue weighted by atomic mass is 79.9. The zero-order valence-corrected chi connectivity index (χ0v) is 11.5. The first kappa shape index (κ1) is 12.7. The van der Waals surface area contributed by atoms with Crippen LogP contribution in [0.3, 0.4) is 0 Å². The van der Waals surface area contributed by atoms with E-state index in [4.69, 9.17) is 4.74 Å². The molecule has 0 saturated carbocycles. The lowest BCUT2D eigenvalue weighted by molar-refractivity contribution is -0.0474. The fourth-order valence-electron chi connectivity index (χ4n) is 1.01. The Balaban J connectivity index is 2.58. The van der Waals surface area contributed by atoms with Gasteiger partial charge in [0, 0.05) is 4.32 Å².